The monoisotopic (exact) mass is 701 g/mol. The molecule has 0 spiro atoms. The van der Waals surface area contributed by atoms with Gasteiger partial charge < -0.3 is 31.1 Å². The number of aliphatic hydroxyl groups excluding tert-OH is 1. The molecule has 5 atom stereocenters. The second-order valence-electron chi connectivity index (χ2n) is 14.4. The number of hydrogen-bond acceptors (Lipinski definition) is 7. The standard InChI is InChI=1S/C40H55N5O6/c1-26(2)32(36(47)42-25-30-21-15-10-16-22-30)44-38(49)34(41-24-29-19-13-9-14-20-29)35(46)31(23-28-17-11-8-12-18-28)43-37(48)33(27(3)4)45-39(50)51-40(5,6)7/h8-22,26-27,31-35,41,46H,23-25H2,1-7H3,(H,42,47)(H,43,48)(H,44,49)(H,45,50)/t31?,32-,33?,34?,35?/m1/s1. The van der Waals surface area contributed by atoms with Crippen LogP contribution in [0, 0.1) is 11.8 Å². The van der Waals surface area contributed by atoms with Crippen LogP contribution in [-0.4, -0.2) is 64.8 Å². The second-order valence-corrected chi connectivity index (χ2v) is 14.4. The zero-order valence-corrected chi connectivity index (χ0v) is 30.8. The minimum Gasteiger partial charge on any atom is -0.444 e. The zero-order valence-electron chi connectivity index (χ0n) is 30.8. The fraction of sp³-hybridized carbons (Fsp3) is 0.450. The molecule has 0 saturated carbocycles. The quantitative estimate of drug-likeness (QED) is 0.123. The van der Waals surface area contributed by atoms with E-state index in [2.05, 4.69) is 26.6 Å². The van der Waals surface area contributed by atoms with Gasteiger partial charge in [-0.15, -0.1) is 0 Å². The lowest BCUT2D eigenvalue weighted by Gasteiger charge is -2.34. The molecule has 0 aliphatic heterocycles. The first-order valence-electron chi connectivity index (χ1n) is 17.6. The van der Waals surface area contributed by atoms with E-state index >= 15 is 0 Å². The van der Waals surface area contributed by atoms with Gasteiger partial charge in [-0.1, -0.05) is 119 Å². The van der Waals surface area contributed by atoms with Gasteiger partial charge in [0.2, 0.25) is 17.7 Å². The maximum absolute atomic E-state index is 14.2. The number of carbonyl (C=O) groups is 4. The SMILES string of the molecule is CC(C)C(NC(=O)OC(C)(C)C)C(=O)NC(Cc1ccccc1)C(O)C(NCc1ccccc1)C(=O)N[C@@H](C(=O)NCc1ccccc1)C(C)C. The molecule has 6 N–H and O–H groups in total. The number of alkyl carbamates (subject to hydrolysis) is 1. The largest absolute Gasteiger partial charge is 0.444 e. The minimum absolute atomic E-state index is 0.174. The van der Waals surface area contributed by atoms with Crippen LogP contribution in [0.15, 0.2) is 91.0 Å². The van der Waals surface area contributed by atoms with E-state index in [-0.39, 0.29) is 37.3 Å². The van der Waals surface area contributed by atoms with Crippen molar-refractivity contribution in [3.63, 3.8) is 0 Å². The summed E-state index contributed by atoms with van der Waals surface area (Å²) >= 11 is 0. The molecule has 276 valence electrons. The van der Waals surface area contributed by atoms with Crippen molar-refractivity contribution in [1.82, 2.24) is 26.6 Å². The number of hydrogen-bond donors (Lipinski definition) is 6. The van der Waals surface area contributed by atoms with Gasteiger partial charge in [-0.3, -0.25) is 19.7 Å². The highest BCUT2D eigenvalue weighted by Gasteiger charge is 2.38. The van der Waals surface area contributed by atoms with Gasteiger partial charge in [0.25, 0.3) is 0 Å². The molecule has 0 aliphatic rings. The van der Waals surface area contributed by atoms with E-state index in [1.165, 1.54) is 0 Å². The summed E-state index contributed by atoms with van der Waals surface area (Å²) in [7, 11) is 0. The van der Waals surface area contributed by atoms with E-state index in [0.717, 1.165) is 16.7 Å². The third-order valence-corrected chi connectivity index (χ3v) is 8.21. The first-order valence-corrected chi connectivity index (χ1v) is 17.6. The van der Waals surface area contributed by atoms with Crippen LogP contribution in [-0.2, 0) is 38.6 Å². The first kappa shape index (κ1) is 40.7. The van der Waals surface area contributed by atoms with E-state index in [1.807, 2.05) is 105 Å². The fourth-order valence-electron chi connectivity index (χ4n) is 5.46. The van der Waals surface area contributed by atoms with Gasteiger partial charge in [-0.2, -0.15) is 0 Å². The first-order chi connectivity index (χ1) is 24.1. The third kappa shape index (κ3) is 13.8. The molecule has 11 heteroatoms. The van der Waals surface area contributed by atoms with Crippen molar-refractivity contribution in [3.05, 3.63) is 108 Å². The lowest BCUT2D eigenvalue weighted by atomic mass is 9.93. The van der Waals surface area contributed by atoms with Gasteiger partial charge in [0, 0.05) is 13.1 Å². The second kappa shape index (κ2) is 19.6. The molecule has 0 fully saturated rings. The number of nitrogens with one attached hydrogen (secondary N) is 5. The van der Waals surface area contributed by atoms with Crippen molar-refractivity contribution in [2.24, 2.45) is 11.8 Å². The number of benzene rings is 3. The summed E-state index contributed by atoms with van der Waals surface area (Å²) in [5, 5.41) is 26.6. The normalized spacial score (nSPS) is 14.5. The van der Waals surface area contributed by atoms with Crippen LogP contribution in [0.2, 0.25) is 0 Å². The molecule has 4 amide bonds. The highest BCUT2D eigenvalue weighted by atomic mass is 16.6. The minimum atomic E-state index is -1.47. The van der Waals surface area contributed by atoms with Crippen LogP contribution >= 0.6 is 0 Å². The average Bonchev–Trinajstić information content (AvgIpc) is 3.08. The molecule has 0 aliphatic carbocycles. The summed E-state index contributed by atoms with van der Waals surface area (Å²) in [6, 6.07) is 24.0. The van der Waals surface area contributed by atoms with Gasteiger partial charge in [0.15, 0.2) is 0 Å². The molecular weight excluding hydrogens is 646 g/mol. The van der Waals surface area contributed by atoms with Crippen LogP contribution in [0.1, 0.15) is 65.2 Å². The number of ether oxygens (including phenoxy) is 1. The molecule has 3 rings (SSSR count). The highest BCUT2D eigenvalue weighted by molar-refractivity contribution is 5.90. The molecule has 0 bridgehead atoms. The lowest BCUT2D eigenvalue weighted by molar-refractivity contribution is -0.134. The summed E-state index contributed by atoms with van der Waals surface area (Å²) < 4.78 is 5.40. The predicted octanol–water partition coefficient (Wildman–Crippen LogP) is 4.24. The van der Waals surface area contributed by atoms with Gasteiger partial charge in [-0.05, 0) is 55.7 Å². The van der Waals surface area contributed by atoms with Gasteiger partial charge in [0.05, 0.1) is 12.1 Å². The van der Waals surface area contributed by atoms with E-state index < -0.39 is 53.8 Å². The van der Waals surface area contributed by atoms with Gasteiger partial charge in [-0.25, -0.2) is 4.79 Å². The molecule has 3 aromatic carbocycles. The molecule has 0 heterocycles. The van der Waals surface area contributed by atoms with Crippen molar-refractivity contribution in [2.45, 2.75) is 104 Å². The number of aliphatic hydroxyl groups is 1. The Morgan fingerprint density at radius 2 is 1.06 bits per heavy atom. The van der Waals surface area contributed by atoms with Crippen LogP contribution in [0.3, 0.4) is 0 Å². The molecular formula is C40H55N5O6. The lowest BCUT2D eigenvalue weighted by Crippen LogP contribution is -2.63. The van der Waals surface area contributed by atoms with Crippen LogP contribution < -0.4 is 26.6 Å². The van der Waals surface area contributed by atoms with Crippen LogP contribution in [0.5, 0.6) is 0 Å². The average molecular weight is 702 g/mol. The van der Waals surface area contributed by atoms with Gasteiger partial charge in [0.1, 0.15) is 23.7 Å². The Kier molecular flexibility index (Phi) is 15.6. The summed E-state index contributed by atoms with van der Waals surface area (Å²) in [5.74, 6) is -2.11. The van der Waals surface area contributed by atoms with Crippen molar-refractivity contribution < 1.29 is 29.0 Å². The van der Waals surface area contributed by atoms with Crippen LogP contribution in [0.25, 0.3) is 0 Å². The Balaban J connectivity index is 1.91. The zero-order chi connectivity index (χ0) is 37.6. The Bertz CT molecular complexity index is 1530. The molecule has 4 unspecified atom stereocenters. The highest BCUT2D eigenvalue weighted by Crippen LogP contribution is 2.15. The van der Waals surface area contributed by atoms with Crippen molar-refractivity contribution in [3.8, 4) is 0 Å². The molecule has 0 aromatic heterocycles. The molecule has 51 heavy (non-hydrogen) atoms. The Hall–Kier alpha value is -4.74. The topological polar surface area (TPSA) is 158 Å². The third-order valence-electron chi connectivity index (χ3n) is 8.21. The van der Waals surface area contributed by atoms with E-state index in [0.29, 0.717) is 0 Å². The summed E-state index contributed by atoms with van der Waals surface area (Å²) in [6.45, 7) is 12.9. The Morgan fingerprint density at radius 3 is 1.55 bits per heavy atom. The van der Waals surface area contributed by atoms with E-state index in [9.17, 15) is 24.3 Å². The van der Waals surface area contributed by atoms with Gasteiger partial charge >= 0.3 is 6.09 Å². The van der Waals surface area contributed by atoms with Crippen molar-refractivity contribution in [1.29, 1.82) is 0 Å². The predicted molar refractivity (Wildman–Crippen MR) is 198 cm³/mol. The maximum atomic E-state index is 14.2. The number of carbonyl (C=O) groups excluding carboxylic acids is 4. The fourth-order valence-corrected chi connectivity index (χ4v) is 5.46. The summed E-state index contributed by atoms with van der Waals surface area (Å²) in [5.41, 5.74) is 1.82. The Labute approximate surface area is 302 Å². The summed E-state index contributed by atoms with van der Waals surface area (Å²) in [6.07, 6.45) is -2.04. The molecule has 11 nitrogen and oxygen atoms in total. The van der Waals surface area contributed by atoms with E-state index in [4.69, 9.17) is 4.74 Å². The Morgan fingerprint density at radius 1 is 0.608 bits per heavy atom. The van der Waals surface area contributed by atoms with Crippen molar-refractivity contribution >= 4 is 23.8 Å². The number of rotatable bonds is 17. The van der Waals surface area contributed by atoms with Crippen molar-refractivity contribution in [2.75, 3.05) is 0 Å². The maximum Gasteiger partial charge on any atom is 0.408 e. The smallest absolute Gasteiger partial charge is 0.408 e. The molecule has 0 saturated heterocycles. The molecule has 3 aromatic rings. The summed E-state index contributed by atoms with van der Waals surface area (Å²) in [4.78, 5) is 54.1. The van der Waals surface area contributed by atoms with E-state index in [1.54, 1.807) is 34.6 Å². The molecule has 0 radical (unpaired) electrons. The van der Waals surface area contributed by atoms with Crippen LogP contribution in [0.4, 0.5) is 4.79 Å². The number of amides is 4.